The fraction of sp³-hybridized carbons (Fsp3) is 0.273. The summed E-state index contributed by atoms with van der Waals surface area (Å²) in [6.45, 7) is 0.734. The zero-order valence-corrected chi connectivity index (χ0v) is 16.2. The van der Waals surface area contributed by atoms with E-state index in [1.54, 1.807) is 24.3 Å². The van der Waals surface area contributed by atoms with Crippen LogP contribution in [-0.2, 0) is 14.3 Å². The van der Waals surface area contributed by atoms with Crippen molar-refractivity contribution in [2.24, 2.45) is 0 Å². The van der Waals surface area contributed by atoms with Crippen LogP contribution in [0.25, 0.3) is 5.76 Å². The molecule has 0 aliphatic carbocycles. The van der Waals surface area contributed by atoms with Crippen LogP contribution in [0.4, 0.5) is 4.39 Å². The lowest BCUT2D eigenvalue weighted by Gasteiger charge is -2.27. The van der Waals surface area contributed by atoms with Crippen LogP contribution < -0.4 is 0 Å². The molecule has 4 rings (SSSR count). The quantitative estimate of drug-likeness (QED) is 0.464. The fourth-order valence-corrected chi connectivity index (χ4v) is 4.08. The number of aliphatic hydroxyl groups is 1. The predicted molar refractivity (Wildman–Crippen MR) is 106 cm³/mol. The number of carbonyl (C=O) groups is 2. The van der Waals surface area contributed by atoms with Crippen molar-refractivity contribution in [3.63, 3.8) is 0 Å². The van der Waals surface area contributed by atoms with Crippen molar-refractivity contribution in [1.29, 1.82) is 0 Å². The zero-order valence-electron chi connectivity index (χ0n) is 15.5. The van der Waals surface area contributed by atoms with Crippen molar-refractivity contribution in [2.75, 3.05) is 13.2 Å². The maximum Gasteiger partial charge on any atom is 0.295 e. The van der Waals surface area contributed by atoms with E-state index in [9.17, 15) is 19.1 Å². The van der Waals surface area contributed by atoms with E-state index in [1.165, 1.54) is 29.2 Å². The number of ether oxygens (including phenoxy) is 1. The number of carbonyl (C=O) groups excluding carboxylic acids is 2. The van der Waals surface area contributed by atoms with Gasteiger partial charge >= 0.3 is 0 Å². The number of hydrogen-bond acceptors (Lipinski definition) is 4. The Balaban J connectivity index is 1.86. The monoisotopic (exact) mass is 415 g/mol. The summed E-state index contributed by atoms with van der Waals surface area (Å²) < 4.78 is 20.3. The van der Waals surface area contributed by atoms with Crippen molar-refractivity contribution in [3.8, 4) is 0 Å². The van der Waals surface area contributed by atoms with Gasteiger partial charge in [-0.05, 0) is 31.0 Å². The van der Waals surface area contributed by atoms with Gasteiger partial charge in [0.15, 0.2) is 0 Å². The van der Waals surface area contributed by atoms with E-state index in [1.807, 2.05) is 0 Å². The summed E-state index contributed by atoms with van der Waals surface area (Å²) in [5.74, 6) is -2.58. The SMILES string of the molecule is O=C1C(=O)N(CC2CCCO2)C(c2ccccc2F)/C1=C(/O)c1cccc(Cl)c1. The number of hydrogen-bond donors (Lipinski definition) is 1. The average Bonchev–Trinajstić information content (AvgIpc) is 3.30. The number of rotatable bonds is 4. The highest BCUT2D eigenvalue weighted by Crippen LogP contribution is 2.41. The van der Waals surface area contributed by atoms with Gasteiger partial charge in [0.1, 0.15) is 11.6 Å². The molecule has 0 radical (unpaired) electrons. The Morgan fingerprint density at radius 1 is 1.21 bits per heavy atom. The second kappa shape index (κ2) is 7.97. The first-order valence-corrected chi connectivity index (χ1v) is 9.75. The van der Waals surface area contributed by atoms with Crippen molar-refractivity contribution in [1.82, 2.24) is 4.90 Å². The van der Waals surface area contributed by atoms with Gasteiger partial charge in [-0.25, -0.2) is 4.39 Å². The first-order chi connectivity index (χ1) is 14.0. The van der Waals surface area contributed by atoms with Crippen LogP contribution in [0.2, 0.25) is 5.02 Å². The molecule has 0 bridgehead atoms. The molecule has 2 aromatic rings. The molecule has 150 valence electrons. The van der Waals surface area contributed by atoms with E-state index < -0.39 is 23.5 Å². The van der Waals surface area contributed by atoms with Gasteiger partial charge in [-0.2, -0.15) is 0 Å². The number of amides is 1. The number of likely N-dealkylation sites (tertiary alicyclic amines) is 1. The molecule has 5 nitrogen and oxygen atoms in total. The lowest BCUT2D eigenvalue weighted by atomic mass is 9.95. The lowest BCUT2D eigenvalue weighted by molar-refractivity contribution is -0.140. The molecule has 7 heteroatoms. The van der Waals surface area contributed by atoms with Crippen molar-refractivity contribution in [2.45, 2.75) is 25.0 Å². The maximum atomic E-state index is 14.7. The molecule has 2 aromatic carbocycles. The van der Waals surface area contributed by atoms with Crippen LogP contribution in [-0.4, -0.2) is 41.0 Å². The van der Waals surface area contributed by atoms with Gasteiger partial charge in [0, 0.05) is 29.3 Å². The summed E-state index contributed by atoms with van der Waals surface area (Å²) in [4.78, 5) is 27.0. The smallest absolute Gasteiger partial charge is 0.295 e. The minimum absolute atomic E-state index is 0.147. The van der Waals surface area contributed by atoms with E-state index >= 15 is 0 Å². The Kier molecular flexibility index (Phi) is 5.39. The third-order valence-electron chi connectivity index (χ3n) is 5.26. The maximum absolute atomic E-state index is 14.7. The molecule has 0 saturated carbocycles. The highest BCUT2D eigenvalue weighted by atomic mass is 35.5. The first-order valence-electron chi connectivity index (χ1n) is 9.37. The minimum Gasteiger partial charge on any atom is -0.507 e. The van der Waals surface area contributed by atoms with Gasteiger partial charge in [0.2, 0.25) is 0 Å². The van der Waals surface area contributed by atoms with Crippen LogP contribution in [0.1, 0.15) is 30.0 Å². The Morgan fingerprint density at radius 2 is 2.00 bits per heavy atom. The Morgan fingerprint density at radius 3 is 2.69 bits per heavy atom. The fourth-order valence-electron chi connectivity index (χ4n) is 3.89. The summed E-state index contributed by atoms with van der Waals surface area (Å²) in [6, 6.07) is 11.2. The molecule has 0 aromatic heterocycles. The first kappa shape index (κ1) is 19.6. The van der Waals surface area contributed by atoms with E-state index in [0.29, 0.717) is 11.6 Å². The normalized spacial score (nSPS) is 23.7. The Bertz CT molecular complexity index is 1000. The predicted octanol–water partition coefficient (Wildman–Crippen LogP) is 4.08. The van der Waals surface area contributed by atoms with Crippen molar-refractivity contribution < 1.29 is 23.8 Å². The van der Waals surface area contributed by atoms with Crippen LogP contribution in [0.3, 0.4) is 0 Å². The van der Waals surface area contributed by atoms with Gasteiger partial charge in [-0.1, -0.05) is 41.9 Å². The molecule has 0 spiro atoms. The van der Waals surface area contributed by atoms with Crippen LogP contribution in [0, 0.1) is 5.82 Å². The van der Waals surface area contributed by atoms with E-state index in [4.69, 9.17) is 16.3 Å². The highest BCUT2D eigenvalue weighted by molar-refractivity contribution is 6.46. The lowest BCUT2D eigenvalue weighted by Crippen LogP contribution is -2.36. The average molecular weight is 416 g/mol. The second-order valence-corrected chi connectivity index (χ2v) is 7.55. The minimum atomic E-state index is -1.04. The van der Waals surface area contributed by atoms with E-state index in [0.717, 1.165) is 12.8 Å². The summed E-state index contributed by atoms with van der Waals surface area (Å²) in [7, 11) is 0. The molecule has 29 heavy (non-hydrogen) atoms. The number of nitrogens with zero attached hydrogens (tertiary/aromatic N) is 1. The number of benzene rings is 2. The molecule has 2 unspecified atom stereocenters. The van der Waals surface area contributed by atoms with E-state index in [2.05, 4.69) is 0 Å². The third kappa shape index (κ3) is 3.66. The largest absolute Gasteiger partial charge is 0.507 e. The number of halogens is 2. The molecular weight excluding hydrogens is 397 g/mol. The van der Waals surface area contributed by atoms with Gasteiger partial charge in [0.05, 0.1) is 17.7 Å². The Labute approximate surface area is 172 Å². The van der Waals surface area contributed by atoms with Crippen molar-refractivity contribution in [3.05, 3.63) is 76.1 Å². The van der Waals surface area contributed by atoms with Gasteiger partial charge in [-0.3, -0.25) is 9.59 Å². The summed E-state index contributed by atoms with van der Waals surface area (Å²) in [6.07, 6.45) is 1.39. The standard InChI is InChI=1S/C22H19ClFNO4/c23-14-6-3-5-13(11-14)20(26)18-19(16-8-1-2-9-17(16)24)25(22(28)21(18)27)12-15-7-4-10-29-15/h1-3,5-6,8-9,11,15,19,26H,4,7,10,12H2/b20-18-. The molecule has 2 aliphatic heterocycles. The molecule has 2 saturated heterocycles. The van der Waals surface area contributed by atoms with Crippen LogP contribution >= 0.6 is 11.6 Å². The summed E-state index contributed by atoms with van der Waals surface area (Å²) in [5, 5.41) is 11.3. The number of Topliss-reactive ketones (excluding diaryl/α,β-unsaturated/α-hetero) is 1. The molecule has 2 fully saturated rings. The van der Waals surface area contributed by atoms with E-state index in [-0.39, 0.29) is 35.1 Å². The highest BCUT2D eigenvalue weighted by Gasteiger charge is 2.47. The molecule has 1 amide bonds. The second-order valence-electron chi connectivity index (χ2n) is 7.12. The molecular formula is C22H19ClFNO4. The van der Waals surface area contributed by atoms with Crippen LogP contribution in [0.5, 0.6) is 0 Å². The number of aliphatic hydroxyl groups excluding tert-OH is 1. The van der Waals surface area contributed by atoms with Crippen LogP contribution in [0.15, 0.2) is 54.1 Å². The third-order valence-corrected chi connectivity index (χ3v) is 5.50. The van der Waals surface area contributed by atoms with Crippen molar-refractivity contribution >= 4 is 29.1 Å². The van der Waals surface area contributed by atoms with Gasteiger partial charge in [0.25, 0.3) is 11.7 Å². The molecule has 2 aliphatic rings. The Hall–Kier alpha value is -2.70. The summed E-state index contributed by atoms with van der Waals surface area (Å²) in [5.41, 5.74) is 0.280. The zero-order chi connectivity index (χ0) is 20.5. The molecule has 2 heterocycles. The number of ketones is 1. The van der Waals surface area contributed by atoms with Gasteiger partial charge < -0.3 is 14.7 Å². The molecule has 2 atom stereocenters. The summed E-state index contributed by atoms with van der Waals surface area (Å²) >= 11 is 6.01. The topological polar surface area (TPSA) is 66.8 Å². The molecule has 1 N–H and O–H groups in total. The van der Waals surface area contributed by atoms with Gasteiger partial charge in [-0.15, -0.1) is 0 Å².